The van der Waals surface area contributed by atoms with Gasteiger partial charge in [0.2, 0.25) is 11.8 Å². The van der Waals surface area contributed by atoms with E-state index in [-0.39, 0.29) is 34.5 Å². The number of nitrogens with zero attached hydrogens (tertiary/aromatic N) is 2. The molecule has 2 bridgehead atoms. The number of aromatic nitrogens is 1. The van der Waals surface area contributed by atoms with Crippen LogP contribution in [-0.2, 0) is 14.3 Å². The summed E-state index contributed by atoms with van der Waals surface area (Å²) in [6.07, 6.45) is 3.80. The molecule has 11 heteroatoms. The number of methoxy groups -OCH3 is 1. The van der Waals surface area contributed by atoms with Gasteiger partial charge < -0.3 is 15.0 Å². The minimum atomic E-state index is -0.913. The maximum Gasteiger partial charge on any atom is 0.411 e. The Bertz CT molecular complexity index is 1580. The van der Waals surface area contributed by atoms with Gasteiger partial charge in [0, 0.05) is 36.0 Å². The first-order chi connectivity index (χ1) is 19.7. The van der Waals surface area contributed by atoms with Gasteiger partial charge in [-0.05, 0) is 60.4 Å². The molecule has 8 nitrogen and oxygen atoms in total. The Hall–Kier alpha value is -4.31. The van der Waals surface area contributed by atoms with E-state index in [0.29, 0.717) is 41.9 Å². The van der Waals surface area contributed by atoms with Crippen LogP contribution >= 0.6 is 11.6 Å². The van der Waals surface area contributed by atoms with Gasteiger partial charge in [0.25, 0.3) is 0 Å². The molecule has 2 aromatic carbocycles. The number of rotatable bonds is 3. The molecule has 0 saturated carbocycles. The van der Waals surface area contributed by atoms with Crippen molar-refractivity contribution in [3.63, 3.8) is 0 Å². The van der Waals surface area contributed by atoms with Crippen LogP contribution in [0.2, 0.25) is 5.02 Å². The Morgan fingerprint density at radius 3 is 2.73 bits per heavy atom. The molecule has 2 aliphatic rings. The van der Waals surface area contributed by atoms with Gasteiger partial charge in [0.15, 0.2) is 5.82 Å². The lowest BCUT2D eigenvalue weighted by Crippen LogP contribution is -2.32. The Morgan fingerprint density at radius 1 is 1.15 bits per heavy atom. The molecule has 3 amide bonds. The quantitative estimate of drug-likeness (QED) is 0.341. The molecule has 3 heterocycles. The number of pyridine rings is 1. The van der Waals surface area contributed by atoms with Crippen molar-refractivity contribution in [2.45, 2.75) is 32.2 Å². The highest BCUT2D eigenvalue weighted by Crippen LogP contribution is 2.38. The molecular formula is C30H27ClF2N4O4. The molecule has 0 saturated heterocycles. The van der Waals surface area contributed by atoms with Crippen molar-refractivity contribution < 1.29 is 27.9 Å². The number of hydrogen-bond acceptors (Lipinski definition) is 5. The Morgan fingerprint density at radius 2 is 1.95 bits per heavy atom. The lowest BCUT2D eigenvalue weighted by molar-refractivity contribution is -0.127. The average molecular weight is 581 g/mol. The van der Waals surface area contributed by atoms with Crippen molar-refractivity contribution in [1.82, 2.24) is 9.88 Å². The number of carbonyl (C=O) groups excluding carboxylic acids is 3. The SMILES string of the molecule is COC(=O)Nc1ccc2c(c1)NC(=O)[C@H](C)CCC[C@H](N1CC(c3c(F)ccc(Cl)c3F)=CC1=O)c1cc-2ccn1. The first-order valence-electron chi connectivity index (χ1n) is 13.1. The van der Waals surface area contributed by atoms with E-state index in [1.165, 1.54) is 13.2 Å². The zero-order valence-electron chi connectivity index (χ0n) is 22.3. The van der Waals surface area contributed by atoms with Crippen molar-refractivity contribution in [3.8, 4) is 11.1 Å². The minimum Gasteiger partial charge on any atom is -0.453 e. The Balaban J connectivity index is 1.53. The fraction of sp³-hybridized carbons (Fsp3) is 0.267. The normalized spacial score (nSPS) is 19.0. The van der Waals surface area contributed by atoms with Crippen molar-refractivity contribution in [1.29, 1.82) is 0 Å². The van der Waals surface area contributed by atoms with E-state index in [2.05, 4.69) is 20.4 Å². The molecule has 2 aliphatic heterocycles. The van der Waals surface area contributed by atoms with Crippen LogP contribution in [0.4, 0.5) is 25.0 Å². The Labute approximate surface area is 240 Å². The second-order valence-electron chi connectivity index (χ2n) is 10.0. The average Bonchev–Trinajstić information content (AvgIpc) is 3.33. The van der Waals surface area contributed by atoms with Crippen molar-refractivity contribution in [3.05, 3.63) is 82.7 Å². The second kappa shape index (κ2) is 11.7. The van der Waals surface area contributed by atoms with Gasteiger partial charge in [-0.1, -0.05) is 31.0 Å². The topological polar surface area (TPSA) is 101 Å². The molecule has 0 aliphatic carbocycles. The van der Waals surface area contributed by atoms with Gasteiger partial charge in [-0.3, -0.25) is 19.9 Å². The van der Waals surface area contributed by atoms with Crippen molar-refractivity contribution in [2.24, 2.45) is 5.92 Å². The van der Waals surface area contributed by atoms with Crippen LogP contribution in [0.1, 0.15) is 43.5 Å². The predicted octanol–water partition coefficient (Wildman–Crippen LogP) is 6.58. The van der Waals surface area contributed by atoms with Gasteiger partial charge in [0.1, 0.15) is 5.82 Å². The third kappa shape index (κ3) is 5.78. The summed E-state index contributed by atoms with van der Waals surface area (Å²) in [6.45, 7) is 1.79. The standard InChI is InChI=1S/C30H27ClF2N4O4/c1-16-4-3-5-25(37-15-18(13-26(37)38)27-22(32)9-8-21(31)28(27)33)24-12-17(10-11-34-24)20-7-6-19(35-30(40)41-2)14-23(20)36-29(16)39/h6-14,16,25H,3-5,15H2,1-2H3,(H,35,40)(H,36,39)/t16-,25+/m1/s1. The zero-order valence-corrected chi connectivity index (χ0v) is 23.1. The fourth-order valence-electron chi connectivity index (χ4n) is 5.19. The monoisotopic (exact) mass is 580 g/mol. The lowest BCUT2D eigenvalue weighted by atomic mass is 9.94. The third-order valence-electron chi connectivity index (χ3n) is 7.37. The number of benzene rings is 2. The largest absolute Gasteiger partial charge is 0.453 e. The summed E-state index contributed by atoms with van der Waals surface area (Å²) in [6, 6.07) is 10.4. The molecule has 2 atom stereocenters. The fourth-order valence-corrected chi connectivity index (χ4v) is 5.34. The number of fused-ring (bicyclic) bond motifs is 4. The highest BCUT2D eigenvalue weighted by Gasteiger charge is 2.33. The summed E-state index contributed by atoms with van der Waals surface area (Å²) in [5.41, 5.74) is 2.79. The smallest absolute Gasteiger partial charge is 0.411 e. The van der Waals surface area contributed by atoms with Gasteiger partial charge in [-0.2, -0.15) is 0 Å². The van der Waals surface area contributed by atoms with Crippen LogP contribution in [0.5, 0.6) is 0 Å². The van der Waals surface area contributed by atoms with E-state index in [1.807, 2.05) is 13.0 Å². The first-order valence-corrected chi connectivity index (χ1v) is 13.4. The van der Waals surface area contributed by atoms with Crippen molar-refractivity contribution >= 4 is 46.5 Å². The number of anilines is 2. The van der Waals surface area contributed by atoms with Crippen LogP contribution in [0.3, 0.4) is 0 Å². The van der Waals surface area contributed by atoms with E-state index in [1.54, 1.807) is 35.4 Å². The molecule has 5 rings (SSSR count). The van der Waals surface area contributed by atoms with Crippen LogP contribution < -0.4 is 10.6 Å². The highest BCUT2D eigenvalue weighted by atomic mass is 35.5. The Kier molecular flexibility index (Phi) is 8.03. The molecule has 0 fully saturated rings. The molecule has 3 aromatic rings. The second-order valence-corrected chi connectivity index (χ2v) is 10.4. The van der Waals surface area contributed by atoms with E-state index >= 15 is 0 Å². The van der Waals surface area contributed by atoms with E-state index in [4.69, 9.17) is 11.6 Å². The maximum absolute atomic E-state index is 14.8. The maximum atomic E-state index is 14.8. The number of halogens is 3. The van der Waals surface area contributed by atoms with Gasteiger partial charge in [-0.25, -0.2) is 13.6 Å². The van der Waals surface area contributed by atoms with Crippen LogP contribution in [0, 0.1) is 17.6 Å². The number of hydrogen-bond donors (Lipinski definition) is 2. The number of nitrogens with one attached hydrogen (secondary N) is 2. The van der Waals surface area contributed by atoms with Crippen LogP contribution in [0.25, 0.3) is 16.7 Å². The van der Waals surface area contributed by atoms with Crippen LogP contribution in [0.15, 0.2) is 54.7 Å². The molecule has 41 heavy (non-hydrogen) atoms. The summed E-state index contributed by atoms with van der Waals surface area (Å²) < 4.78 is 34.1. The predicted molar refractivity (Wildman–Crippen MR) is 151 cm³/mol. The van der Waals surface area contributed by atoms with Gasteiger partial charge >= 0.3 is 6.09 Å². The molecule has 0 spiro atoms. The minimum absolute atomic E-state index is 0.0290. The van der Waals surface area contributed by atoms with E-state index < -0.39 is 29.7 Å². The molecular weight excluding hydrogens is 554 g/mol. The molecule has 0 radical (unpaired) electrons. The van der Waals surface area contributed by atoms with Crippen molar-refractivity contribution in [2.75, 3.05) is 24.3 Å². The molecule has 212 valence electrons. The van der Waals surface area contributed by atoms with E-state index in [0.717, 1.165) is 17.7 Å². The molecule has 2 N–H and O–H groups in total. The van der Waals surface area contributed by atoms with Gasteiger partial charge in [-0.15, -0.1) is 0 Å². The van der Waals surface area contributed by atoms with Gasteiger partial charge in [0.05, 0.1) is 35.1 Å². The third-order valence-corrected chi connectivity index (χ3v) is 7.66. The number of ether oxygens (including phenoxy) is 1. The van der Waals surface area contributed by atoms with Crippen LogP contribution in [-0.4, -0.2) is 41.4 Å². The summed E-state index contributed by atoms with van der Waals surface area (Å²) in [5, 5.41) is 5.35. The summed E-state index contributed by atoms with van der Waals surface area (Å²) >= 11 is 5.90. The lowest BCUT2D eigenvalue weighted by Gasteiger charge is -2.29. The van der Waals surface area contributed by atoms with E-state index in [9.17, 15) is 23.2 Å². The summed E-state index contributed by atoms with van der Waals surface area (Å²) in [7, 11) is 1.26. The molecule has 0 unspecified atom stereocenters. The highest BCUT2D eigenvalue weighted by molar-refractivity contribution is 6.31. The summed E-state index contributed by atoms with van der Waals surface area (Å²) in [4.78, 5) is 44.2. The molecule has 1 aromatic heterocycles. The first kappa shape index (κ1) is 28.2. The number of amides is 3. The summed E-state index contributed by atoms with van der Waals surface area (Å²) in [5.74, 6) is -2.66. The zero-order chi connectivity index (χ0) is 29.3. The number of carbonyl (C=O) groups is 3.